The van der Waals surface area contributed by atoms with Crippen molar-refractivity contribution in [1.29, 1.82) is 0 Å². The van der Waals surface area contributed by atoms with E-state index >= 15 is 0 Å². The van der Waals surface area contributed by atoms with Crippen molar-refractivity contribution in [3.05, 3.63) is 52.2 Å². The first kappa shape index (κ1) is 18.4. The van der Waals surface area contributed by atoms with Crippen LogP contribution in [0.5, 0.6) is 5.75 Å². The summed E-state index contributed by atoms with van der Waals surface area (Å²) in [5, 5.41) is 13.8. The number of amides is 1. The third-order valence-electron chi connectivity index (χ3n) is 3.35. The molecule has 1 aromatic heterocycles. The Morgan fingerprint density at radius 2 is 2.08 bits per heavy atom. The molecule has 0 aliphatic heterocycles. The number of rotatable bonds is 10. The molecular formula is C18H23NO4S. The van der Waals surface area contributed by atoms with E-state index in [9.17, 15) is 4.79 Å². The van der Waals surface area contributed by atoms with Crippen molar-refractivity contribution in [2.75, 3.05) is 26.4 Å². The van der Waals surface area contributed by atoms with E-state index in [1.54, 1.807) is 11.3 Å². The lowest BCUT2D eigenvalue weighted by molar-refractivity contribution is -0.121. The first-order chi connectivity index (χ1) is 11.7. The van der Waals surface area contributed by atoms with Gasteiger partial charge in [-0.3, -0.25) is 4.79 Å². The molecule has 2 aromatic rings. The quantitative estimate of drug-likeness (QED) is 0.692. The number of carbonyl (C=O) groups is 1. The van der Waals surface area contributed by atoms with Crippen LogP contribution in [0.3, 0.4) is 0 Å². The van der Waals surface area contributed by atoms with Gasteiger partial charge in [-0.05, 0) is 36.1 Å². The number of aliphatic hydroxyl groups is 1. The van der Waals surface area contributed by atoms with Gasteiger partial charge in [-0.2, -0.15) is 0 Å². The molecule has 2 rings (SSSR count). The number of carbonyl (C=O) groups excluding carboxylic acids is 1. The molecule has 5 nitrogen and oxygen atoms in total. The lowest BCUT2D eigenvalue weighted by Gasteiger charge is -2.17. The monoisotopic (exact) mass is 349 g/mol. The van der Waals surface area contributed by atoms with E-state index in [0.717, 1.165) is 16.2 Å². The second-order valence-corrected chi connectivity index (χ2v) is 6.14. The number of hydrogen-bond acceptors (Lipinski definition) is 5. The van der Waals surface area contributed by atoms with Gasteiger partial charge in [0.1, 0.15) is 11.9 Å². The largest absolute Gasteiger partial charge is 0.494 e. The zero-order chi connectivity index (χ0) is 17.2. The molecule has 0 aliphatic rings. The number of hydrogen-bond donors (Lipinski definition) is 2. The Morgan fingerprint density at radius 1 is 1.29 bits per heavy atom. The van der Waals surface area contributed by atoms with Gasteiger partial charge < -0.3 is 19.9 Å². The summed E-state index contributed by atoms with van der Waals surface area (Å²) in [6.45, 7) is 3.15. The maximum absolute atomic E-state index is 12.1. The smallest absolute Gasteiger partial charge is 0.224 e. The van der Waals surface area contributed by atoms with Crippen molar-refractivity contribution < 1.29 is 19.4 Å². The first-order valence-corrected chi connectivity index (χ1v) is 8.85. The summed E-state index contributed by atoms with van der Waals surface area (Å²) in [4.78, 5) is 13.2. The molecule has 6 heteroatoms. The van der Waals surface area contributed by atoms with Crippen LogP contribution in [0.1, 0.15) is 23.5 Å². The minimum absolute atomic E-state index is 0.0397. The Morgan fingerprint density at radius 3 is 2.71 bits per heavy atom. The summed E-state index contributed by atoms with van der Waals surface area (Å²) in [5.74, 6) is 0.741. The standard InChI is InChI=1S/C18H23NO4S/c1-2-22-15-7-5-14(6-8-15)12-18(21)19-13-16(23-10-9-20)17-4-3-11-24-17/h3-8,11,16,20H,2,9-10,12-13H2,1H3,(H,19,21)/t16-/m1/s1. The van der Waals surface area contributed by atoms with E-state index in [1.165, 1.54) is 0 Å². The van der Waals surface area contributed by atoms with E-state index in [2.05, 4.69) is 5.32 Å². The molecule has 0 saturated carbocycles. The van der Waals surface area contributed by atoms with Crippen molar-refractivity contribution in [2.45, 2.75) is 19.4 Å². The fraction of sp³-hybridized carbons (Fsp3) is 0.389. The normalized spacial score (nSPS) is 11.9. The SMILES string of the molecule is CCOc1ccc(CC(=O)NC[C@@H](OCCO)c2cccs2)cc1. The molecule has 24 heavy (non-hydrogen) atoms. The zero-order valence-corrected chi connectivity index (χ0v) is 14.6. The molecular weight excluding hydrogens is 326 g/mol. The fourth-order valence-corrected chi connectivity index (χ4v) is 3.01. The lowest BCUT2D eigenvalue weighted by Crippen LogP contribution is -2.30. The highest BCUT2D eigenvalue weighted by atomic mass is 32.1. The summed E-state index contributed by atoms with van der Waals surface area (Å²) >= 11 is 1.57. The number of aliphatic hydroxyl groups excluding tert-OH is 1. The van der Waals surface area contributed by atoms with Crippen LogP contribution in [-0.2, 0) is 16.0 Å². The highest BCUT2D eigenvalue weighted by Crippen LogP contribution is 2.21. The molecule has 130 valence electrons. The average Bonchev–Trinajstić information content (AvgIpc) is 3.11. The predicted octanol–water partition coefficient (Wildman–Crippen LogP) is 2.56. The molecule has 0 saturated heterocycles. The van der Waals surface area contributed by atoms with Gasteiger partial charge in [-0.25, -0.2) is 0 Å². The molecule has 0 unspecified atom stereocenters. The maximum Gasteiger partial charge on any atom is 0.224 e. The van der Waals surface area contributed by atoms with Crippen LogP contribution in [0.2, 0.25) is 0 Å². The van der Waals surface area contributed by atoms with Gasteiger partial charge in [0.2, 0.25) is 5.91 Å². The van der Waals surface area contributed by atoms with Gasteiger partial charge in [0.15, 0.2) is 0 Å². The molecule has 1 atom stereocenters. The van der Waals surface area contributed by atoms with Crippen molar-refractivity contribution in [1.82, 2.24) is 5.32 Å². The van der Waals surface area contributed by atoms with Crippen LogP contribution in [0.15, 0.2) is 41.8 Å². The minimum Gasteiger partial charge on any atom is -0.494 e. The number of thiophene rings is 1. The van der Waals surface area contributed by atoms with Crippen LogP contribution in [0.25, 0.3) is 0 Å². The molecule has 1 heterocycles. The van der Waals surface area contributed by atoms with E-state index in [0.29, 0.717) is 19.6 Å². The lowest BCUT2D eigenvalue weighted by atomic mass is 10.1. The van der Waals surface area contributed by atoms with E-state index in [4.69, 9.17) is 14.6 Å². The second-order valence-electron chi connectivity index (χ2n) is 5.16. The summed E-state index contributed by atoms with van der Waals surface area (Å²) < 4.78 is 11.0. The van der Waals surface area contributed by atoms with Crippen LogP contribution in [-0.4, -0.2) is 37.4 Å². The second kappa shape index (κ2) is 10.1. The van der Waals surface area contributed by atoms with Crippen LogP contribution in [0.4, 0.5) is 0 Å². The minimum atomic E-state index is -0.235. The van der Waals surface area contributed by atoms with Crippen molar-refractivity contribution in [2.24, 2.45) is 0 Å². The molecule has 0 radical (unpaired) electrons. The van der Waals surface area contributed by atoms with Gasteiger partial charge >= 0.3 is 0 Å². The molecule has 0 aliphatic carbocycles. The van der Waals surface area contributed by atoms with Gasteiger partial charge in [-0.15, -0.1) is 11.3 Å². The maximum atomic E-state index is 12.1. The van der Waals surface area contributed by atoms with Crippen molar-refractivity contribution in [3.63, 3.8) is 0 Å². The molecule has 0 spiro atoms. The highest BCUT2D eigenvalue weighted by Gasteiger charge is 2.14. The molecule has 0 bridgehead atoms. The van der Waals surface area contributed by atoms with Crippen LogP contribution < -0.4 is 10.1 Å². The number of ether oxygens (including phenoxy) is 2. The highest BCUT2D eigenvalue weighted by molar-refractivity contribution is 7.10. The molecule has 0 fully saturated rings. The number of benzene rings is 1. The topological polar surface area (TPSA) is 67.8 Å². The number of nitrogens with one attached hydrogen (secondary N) is 1. The third kappa shape index (κ3) is 5.96. The van der Waals surface area contributed by atoms with Gasteiger partial charge in [0.05, 0.1) is 26.2 Å². The Hall–Kier alpha value is -1.89. The summed E-state index contributed by atoms with van der Waals surface area (Å²) in [6.07, 6.45) is 0.0743. The van der Waals surface area contributed by atoms with Crippen LogP contribution in [0, 0.1) is 0 Å². The molecule has 1 amide bonds. The average molecular weight is 349 g/mol. The zero-order valence-electron chi connectivity index (χ0n) is 13.7. The van der Waals surface area contributed by atoms with E-state index < -0.39 is 0 Å². The Labute approximate surface area is 146 Å². The molecule has 1 aromatic carbocycles. The fourth-order valence-electron chi connectivity index (χ4n) is 2.24. The summed E-state index contributed by atoms with van der Waals surface area (Å²) in [7, 11) is 0. The van der Waals surface area contributed by atoms with Crippen LogP contribution >= 0.6 is 11.3 Å². The summed E-state index contributed by atoms with van der Waals surface area (Å²) in [6, 6.07) is 11.4. The summed E-state index contributed by atoms with van der Waals surface area (Å²) in [5.41, 5.74) is 0.930. The van der Waals surface area contributed by atoms with Gasteiger partial charge in [0.25, 0.3) is 0 Å². The molecule has 2 N–H and O–H groups in total. The Balaban J connectivity index is 1.84. The van der Waals surface area contributed by atoms with E-state index in [1.807, 2.05) is 48.7 Å². The first-order valence-electron chi connectivity index (χ1n) is 7.97. The van der Waals surface area contributed by atoms with Crippen molar-refractivity contribution in [3.8, 4) is 5.75 Å². The third-order valence-corrected chi connectivity index (χ3v) is 4.32. The van der Waals surface area contributed by atoms with E-state index in [-0.39, 0.29) is 25.2 Å². The Kier molecular flexibility index (Phi) is 7.74. The van der Waals surface area contributed by atoms with Gasteiger partial charge in [-0.1, -0.05) is 18.2 Å². The Bertz CT molecular complexity index is 598. The predicted molar refractivity (Wildman–Crippen MR) is 94.4 cm³/mol. The van der Waals surface area contributed by atoms with Crippen molar-refractivity contribution >= 4 is 17.2 Å². The van der Waals surface area contributed by atoms with Gasteiger partial charge in [0, 0.05) is 11.4 Å².